The molecule has 0 radical (unpaired) electrons. The van der Waals surface area contributed by atoms with E-state index in [-0.39, 0.29) is 12.7 Å². The average molecular weight is 120 g/mol. The Kier molecular flexibility index (Phi) is 13.6. The van der Waals surface area contributed by atoms with Gasteiger partial charge in [0.25, 0.3) is 0 Å². The van der Waals surface area contributed by atoms with Gasteiger partial charge in [-0.25, -0.2) is 0 Å². The van der Waals surface area contributed by atoms with Gasteiger partial charge in [-0.2, -0.15) is 0 Å². The van der Waals surface area contributed by atoms with Crippen molar-refractivity contribution in [2.45, 2.75) is 33.3 Å². The van der Waals surface area contributed by atoms with Crippen LogP contribution in [0, 0.1) is 0 Å². The Labute approximate surface area is 51.2 Å². The molecule has 2 nitrogen and oxygen atoms in total. The Morgan fingerprint density at radius 3 is 1.50 bits per heavy atom. The van der Waals surface area contributed by atoms with Gasteiger partial charge >= 0.3 is 0 Å². The number of rotatable bonds is 1. The molecular formula is C6H16O2. The van der Waals surface area contributed by atoms with Gasteiger partial charge in [-0.1, -0.05) is 6.92 Å². The quantitative estimate of drug-likeness (QED) is 0.536. The number of hydrogen-bond acceptors (Lipinski definition) is 2. The van der Waals surface area contributed by atoms with Crippen molar-refractivity contribution in [1.82, 2.24) is 0 Å². The average Bonchev–Trinajstić information content (AvgIpc) is 1.69. The summed E-state index contributed by atoms with van der Waals surface area (Å²) in [4.78, 5) is 0. The van der Waals surface area contributed by atoms with E-state index in [4.69, 9.17) is 10.2 Å². The van der Waals surface area contributed by atoms with Crippen LogP contribution in [0.1, 0.15) is 27.2 Å². The van der Waals surface area contributed by atoms with Crippen LogP contribution in [0.15, 0.2) is 0 Å². The third kappa shape index (κ3) is 38.9. The van der Waals surface area contributed by atoms with E-state index in [1.54, 1.807) is 13.8 Å². The summed E-state index contributed by atoms with van der Waals surface area (Å²) in [6.45, 7) is 5.66. The lowest BCUT2D eigenvalue weighted by molar-refractivity contribution is 0.191. The molecule has 0 aliphatic carbocycles. The van der Waals surface area contributed by atoms with E-state index in [1.807, 2.05) is 6.92 Å². The predicted molar refractivity (Wildman–Crippen MR) is 34.7 cm³/mol. The van der Waals surface area contributed by atoms with Crippen LogP contribution in [-0.4, -0.2) is 22.9 Å². The predicted octanol–water partition coefficient (Wildman–Crippen LogP) is 0.776. The third-order valence-electron chi connectivity index (χ3n) is 0.591. The van der Waals surface area contributed by atoms with Crippen molar-refractivity contribution in [1.29, 1.82) is 0 Å². The summed E-state index contributed by atoms with van der Waals surface area (Å²) in [7, 11) is 0. The van der Waals surface area contributed by atoms with Crippen molar-refractivity contribution in [2.75, 3.05) is 6.61 Å². The Morgan fingerprint density at radius 2 is 1.50 bits per heavy atom. The minimum absolute atomic E-state index is 0.116. The lowest BCUT2D eigenvalue weighted by atomic mass is 10.3. The molecule has 0 fully saturated rings. The summed E-state index contributed by atoms with van der Waals surface area (Å²) >= 11 is 0. The first kappa shape index (κ1) is 10.8. The zero-order valence-corrected chi connectivity index (χ0v) is 5.89. The molecule has 2 N–H and O–H groups in total. The minimum atomic E-state index is -0.116. The fourth-order valence-corrected chi connectivity index (χ4v) is 0. The van der Waals surface area contributed by atoms with Crippen molar-refractivity contribution < 1.29 is 10.2 Å². The second-order valence-electron chi connectivity index (χ2n) is 1.57. The minimum Gasteiger partial charge on any atom is -0.397 e. The van der Waals surface area contributed by atoms with Crippen molar-refractivity contribution in [3.05, 3.63) is 0 Å². The molecule has 2 heteroatoms. The first-order valence-corrected chi connectivity index (χ1v) is 2.97. The molecule has 52 valence electrons. The summed E-state index contributed by atoms with van der Waals surface area (Å²) < 4.78 is 0. The molecule has 0 amide bonds. The standard InChI is InChI=1S/C4H10O.C2H6O/c1-3-4(2)5;1-2-3/h4-5H,3H2,1-2H3;3H,2H2,1H3. The Morgan fingerprint density at radius 1 is 1.38 bits per heavy atom. The maximum Gasteiger partial charge on any atom is 0.0509 e. The van der Waals surface area contributed by atoms with E-state index in [9.17, 15) is 0 Å². The molecule has 0 aliphatic rings. The van der Waals surface area contributed by atoms with E-state index in [0.29, 0.717) is 0 Å². The van der Waals surface area contributed by atoms with Gasteiger partial charge in [0.05, 0.1) is 6.10 Å². The van der Waals surface area contributed by atoms with Crippen LogP contribution in [0.25, 0.3) is 0 Å². The highest BCUT2D eigenvalue weighted by Crippen LogP contribution is 1.81. The van der Waals surface area contributed by atoms with E-state index >= 15 is 0 Å². The summed E-state index contributed by atoms with van der Waals surface area (Å²) in [5, 5.41) is 15.9. The fourth-order valence-electron chi connectivity index (χ4n) is 0. The van der Waals surface area contributed by atoms with Gasteiger partial charge in [0.15, 0.2) is 0 Å². The van der Waals surface area contributed by atoms with Crippen LogP contribution in [0.5, 0.6) is 0 Å². The molecule has 0 heterocycles. The summed E-state index contributed by atoms with van der Waals surface area (Å²) in [5.41, 5.74) is 0. The van der Waals surface area contributed by atoms with Crippen LogP contribution in [0.2, 0.25) is 0 Å². The highest BCUT2D eigenvalue weighted by molar-refractivity contribution is 4.34. The van der Waals surface area contributed by atoms with E-state index < -0.39 is 0 Å². The summed E-state index contributed by atoms with van der Waals surface area (Å²) in [6, 6.07) is 0. The van der Waals surface area contributed by atoms with Gasteiger partial charge in [-0.15, -0.1) is 0 Å². The molecule has 0 saturated carbocycles. The van der Waals surface area contributed by atoms with Crippen LogP contribution < -0.4 is 0 Å². The molecule has 0 spiro atoms. The first-order chi connectivity index (χ1) is 3.68. The molecule has 8 heavy (non-hydrogen) atoms. The number of aliphatic hydroxyl groups excluding tert-OH is 2. The van der Waals surface area contributed by atoms with Crippen LogP contribution in [0.3, 0.4) is 0 Å². The number of hydrogen-bond donors (Lipinski definition) is 2. The third-order valence-corrected chi connectivity index (χ3v) is 0.591. The summed E-state index contributed by atoms with van der Waals surface area (Å²) in [5.74, 6) is 0. The van der Waals surface area contributed by atoms with E-state index in [2.05, 4.69) is 0 Å². The van der Waals surface area contributed by atoms with Gasteiger partial charge < -0.3 is 10.2 Å². The zero-order chi connectivity index (χ0) is 6.99. The maximum atomic E-state index is 8.36. The molecule has 0 saturated heterocycles. The van der Waals surface area contributed by atoms with Gasteiger partial charge in [0.1, 0.15) is 0 Å². The van der Waals surface area contributed by atoms with Crippen molar-refractivity contribution in [3.8, 4) is 0 Å². The second kappa shape index (κ2) is 10.0. The Balaban J connectivity index is 0. The van der Waals surface area contributed by atoms with Crippen molar-refractivity contribution in [2.24, 2.45) is 0 Å². The Bertz CT molecular complexity index is 27.7. The highest BCUT2D eigenvalue weighted by atomic mass is 16.3. The van der Waals surface area contributed by atoms with Gasteiger partial charge in [0, 0.05) is 6.61 Å². The van der Waals surface area contributed by atoms with Gasteiger partial charge in [-0.3, -0.25) is 0 Å². The molecule has 0 bridgehead atoms. The molecule has 1 unspecified atom stereocenters. The normalized spacial score (nSPS) is 11.6. The van der Waals surface area contributed by atoms with Gasteiger partial charge in [-0.05, 0) is 20.3 Å². The van der Waals surface area contributed by atoms with Gasteiger partial charge in [0.2, 0.25) is 0 Å². The topological polar surface area (TPSA) is 40.5 Å². The SMILES string of the molecule is CCC(C)O.CCO. The first-order valence-electron chi connectivity index (χ1n) is 2.97. The summed E-state index contributed by atoms with van der Waals surface area (Å²) in [6.07, 6.45) is 0.745. The Hall–Kier alpha value is -0.0800. The maximum absolute atomic E-state index is 8.36. The highest BCUT2D eigenvalue weighted by Gasteiger charge is 1.81. The molecular weight excluding hydrogens is 104 g/mol. The van der Waals surface area contributed by atoms with Crippen LogP contribution in [-0.2, 0) is 0 Å². The van der Waals surface area contributed by atoms with Crippen molar-refractivity contribution in [3.63, 3.8) is 0 Å². The number of aliphatic hydroxyl groups is 2. The van der Waals surface area contributed by atoms with E-state index in [1.165, 1.54) is 0 Å². The van der Waals surface area contributed by atoms with Crippen LogP contribution in [0.4, 0.5) is 0 Å². The van der Waals surface area contributed by atoms with Crippen molar-refractivity contribution >= 4 is 0 Å². The lowest BCUT2D eigenvalue weighted by Crippen LogP contribution is -1.93. The second-order valence-corrected chi connectivity index (χ2v) is 1.57. The molecule has 0 aromatic rings. The molecule has 0 aliphatic heterocycles. The zero-order valence-electron chi connectivity index (χ0n) is 5.89. The van der Waals surface area contributed by atoms with E-state index in [0.717, 1.165) is 6.42 Å². The molecule has 1 atom stereocenters. The molecule has 0 rings (SSSR count). The lowest BCUT2D eigenvalue weighted by Gasteiger charge is -1.90. The molecule has 0 aromatic heterocycles. The van der Waals surface area contributed by atoms with Crippen LogP contribution >= 0.6 is 0 Å². The monoisotopic (exact) mass is 120 g/mol. The molecule has 0 aromatic carbocycles. The smallest absolute Gasteiger partial charge is 0.0509 e. The largest absolute Gasteiger partial charge is 0.397 e. The fraction of sp³-hybridized carbons (Fsp3) is 1.00.